The molecule has 0 bridgehead atoms. The van der Waals surface area contributed by atoms with Gasteiger partial charge in [0.25, 0.3) is 0 Å². The lowest BCUT2D eigenvalue weighted by Gasteiger charge is -2.13. The molecule has 2 atom stereocenters. The highest BCUT2D eigenvalue weighted by molar-refractivity contribution is 7.99. The fraction of sp³-hybridized carbons (Fsp3) is 1.00. The number of sulfonamides is 1. The number of hydrogen-bond acceptors (Lipinski definition) is 3. The van der Waals surface area contributed by atoms with Crippen LogP contribution in [-0.2, 0) is 10.0 Å². The summed E-state index contributed by atoms with van der Waals surface area (Å²) >= 11 is 7.47. The first kappa shape index (κ1) is 15.6. The van der Waals surface area contributed by atoms with Gasteiger partial charge in [0.1, 0.15) is 0 Å². The van der Waals surface area contributed by atoms with Crippen LogP contribution >= 0.6 is 23.4 Å². The van der Waals surface area contributed by atoms with Gasteiger partial charge in [-0.1, -0.05) is 6.92 Å². The van der Waals surface area contributed by atoms with E-state index in [0.717, 1.165) is 31.4 Å². The maximum atomic E-state index is 11.8. The van der Waals surface area contributed by atoms with Crippen LogP contribution in [0.1, 0.15) is 39.0 Å². The Morgan fingerprint density at radius 2 is 2.12 bits per heavy atom. The third-order valence-electron chi connectivity index (χ3n) is 2.93. The number of thioether (sulfide) groups is 1. The number of alkyl halides is 1. The van der Waals surface area contributed by atoms with Crippen molar-refractivity contribution >= 4 is 33.4 Å². The molecule has 1 fully saturated rings. The Balaban J connectivity index is 2.29. The van der Waals surface area contributed by atoms with Crippen molar-refractivity contribution in [2.24, 2.45) is 0 Å². The first-order valence-electron chi connectivity index (χ1n) is 6.25. The summed E-state index contributed by atoms with van der Waals surface area (Å²) in [4.78, 5) is 0. The zero-order valence-electron chi connectivity index (χ0n) is 10.3. The quantitative estimate of drug-likeness (QED) is 0.553. The monoisotopic (exact) mass is 299 g/mol. The average molecular weight is 300 g/mol. The van der Waals surface area contributed by atoms with Crippen LogP contribution in [0.15, 0.2) is 0 Å². The highest BCUT2D eigenvalue weighted by Gasteiger charge is 2.27. The average Bonchev–Trinajstić information content (AvgIpc) is 2.65. The van der Waals surface area contributed by atoms with Crippen LogP contribution in [0.3, 0.4) is 0 Å². The zero-order chi connectivity index (χ0) is 12.7. The van der Waals surface area contributed by atoms with Gasteiger partial charge in [-0.05, 0) is 37.9 Å². The number of halogens is 1. The van der Waals surface area contributed by atoms with E-state index in [1.807, 2.05) is 11.8 Å². The van der Waals surface area contributed by atoms with Gasteiger partial charge in [0, 0.05) is 17.2 Å². The molecule has 102 valence electrons. The summed E-state index contributed by atoms with van der Waals surface area (Å²) in [5, 5.41) is 0.635. The summed E-state index contributed by atoms with van der Waals surface area (Å²) < 4.78 is 26.3. The van der Waals surface area contributed by atoms with Crippen LogP contribution in [0.2, 0.25) is 0 Å². The fourth-order valence-corrected chi connectivity index (χ4v) is 4.89. The van der Waals surface area contributed by atoms with Crippen molar-refractivity contribution in [3.05, 3.63) is 0 Å². The second-order valence-corrected chi connectivity index (χ2v) is 8.25. The molecule has 1 aliphatic carbocycles. The summed E-state index contributed by atoms with van der Waals surface area (Å²) in [6.07, 6.45) is 4.51. The van der Waals surface area contributed by atoms with Crippen molar-refractivity contribution in [1.82, 2.24) is 4.72 Å². The predicted octanol–water partition coefficient (Wildman–Crippen LogP) is 2.60. The largest absolute Gasteiger partial charge is 0.212 e. The minimum atomic E-state index is -3.09. The minimum absolute atomic E-state index is 0.153. The Bertz CT molecular complexity index is 309. The van der Waals surface area contributed by atoms with E-state index in [1.54, 1.807) is 0 Å². The third-order valence-corrected chi connectivity index (χ3v) is 5.95. The van der Waals surface area contributed by atoms with Gasteiger partial charge in [-0.15, -0.1) is 11.6 Å². The molecule has 0 aromatic heterocycles. The summed E-state index contributed by atoms with van der Waals surface area (Å²) in [6.45, 7) is 2.15. The second kappa shape index (κ2) is 7.87. The summed E-state index contributed by atoms with van der Waals surface area (Å²) in [5.41, 5.74) is 0. The van der Waals surface area contributed by atoms with Crippen LogP contribution < -0.4 is 4.72 Å². The van der Waals surface area contributed by atoms with Crippen LogP contribution in [0.25, 0.3) is 0 Å². The maximum Gasteiger partial charge on any atom is 0.211 e. The molecule has 3 nitrogen and oxygen atoms in total. The minimum Gasteiger partial charge on any atom is -0.212 e. The van der Waals surface area contributed by atoms with Crippen LogP contribution in [0.5, 0.6) is 0 Å². The number of hydrogen-bond donors (Lipinski definition) is 1. The Morgan fingerprint density at radius 3 is 2.76 bits per heavy atom. The lowest BCUT2D eigenvalue weighted by molar-refractivity contribution is 0.550. The molecule has 1 rings (SSSR count). The van der Waals surface area contributed by atoms with Crippen LogP contribution in [-0.4, -0.2) is 37.1 Å². The van der Waals surface area contributed by atoms with Gasteiger partial charge >= 0.3 is 0 Å². The van der Waals surface area contributed by atoms with Gasteiger partial charge in [-0.25, -0.2) is 13.1 Å². The highest BCUT2D eigenvalue weighted by atomic mass is 35.5. The van der Waals surface area contributed by atoms with E-state index < -0.39 is 10.0 Å². The Labute approximate surface area is 114 Å². The van der Waals surface area contributed by atoms with E-state index in [0.29, 0.717) is 17.6 Å². The Morgan fingerprint density at radius 1 is 1.35 bits per heavy atom. The SMILES string of the molecule is CCSC1CCC(NS(=O)(=O)CCCCCl)C1. The zero-order valence-corrected chi connectivity index (χ0v) is 12.7. The molecule has 17 heavy (non-hydrogen) atoms. The van der Waals surface area contributed by atoms with Crippen LogP contribution in [0.4, 0.5) is 0 Å². The lowest BCUT2D eigenvalue weighted by atomic mass is 10.3. The second-order valence-electron chi connectivity index (χ2n) is 4.42. The number of rotatable bonds is 8. The van der Waals surface area contributed by atoms with Gasteiger partial charge in [0.15, 0.2) is 0 Å². The molecule has 0 aromatic carbocycles. The third kappa shape index (κ3) is 6.32. The summed E-state index contributed by atoms with van der Waals surface area (Å²) in [7, 11) is -3.09. The molecule has 0 amide bonds. The fourth-order valence-electron chi connectivity index (χ4n) is 2.13. The maximum absolute atomic E-state index is 11.8. The van der Waals surface area contributed by atoms with E-state index in [1.165, 1.54) is 0 Å². The van der Waals surface area contributed by atoms with Crippen molar-refractivity contribution in [2.75, 3.05) is 17.4 Å². The molecule has 1 N–H and O–H groups in total. The van der Waals surface area contributed by atoms with Gasteiger partial charge in [-0.3, -0.25) is 0 Å². The van der Waals surface area contributed by atoms with Crippen molar-refractivity contribution in [1.29, 1.82) is 0 Å². The van der Waals surface area contributed by atoms with E-state index in [2.05, 4.69) is 11.6 Å². The van der Waals surface area contributed by atoms with Crippen LogP contribution in [0, 0.1) is 0 Å². The van der Waals surface area contributed by atoms with Gasteiger partial charge in [-0.2, -0.15) is 11.8 Å². The molecule has 0 aromatic rings. The highest BCUT2D eigenvalue weighted by Crippen LogP contribution is 2.30. The predicted molar refractivity (Wildman–Crippen MR) is 76.4 cm³/mol. The standard InChI is InChI=1S/C11H22ClNO2S2/c1-2-16-11-6-5-10(9-11)13-17(14,15)8-4-3-7-12/h10-11,13H,2-9H2,1H3. The molecule has 0 heterocycles. The van der Waals surface area contributed by atoms with Crippen molar-refractivity contribution in [3.8, 4) is 0 Å². The molecular formula is C11H22ClNO2S2. The molecule has 0 spiro atoms. The number of unbranched alkanes of at least 4 members (excludes halogenated alkanes) is 1. The van der Waals surface area contributed by atoms with E-state index in [9.17, 15) is 8.42 Å². The first-order valence-corrected chi connectivity index (χ1v) is 9.48. The Hall–Kier alpha value is 0.550. The van der Waals surface area contributed by atoms with Crippen molar-refractivity contribution in [3.63, 3.8) is 0 Å². The molecule has 0 saturated heterocycles. The molecule has 0 radical (unpaired) electrons. The smallest absolute Gasteiger partial charge is 0.211 e. The molecule has 1 saturated carbocycles. The summed E-state index contributed by atoms with van der Waals surface area (Å²) in [5.74, 6) is 1.86. The molecular weight excluding hydrogens is 278 g/mol. The normalized spacial score (nSPS) is 25.3. The van der Waals surface area contributed by atoms with Gasteiger partial charge in [0.05, 0.1) is 5.75 Å². The molecule has 0 aliphatic heterocycles. The van der Waals surface area contributed by atoms with E-state index in [4.69, 9.17) is 11.6 Å². The summed E-state index contributed by atoms with van der Waals surface area (Å²) in [6, 6.07) is 0.153. The Kier molecular flexibility index (Phi) is 7.22. The van der Waals surface area contributed by atoms with Crippen molar-refractivity contribution < 1.29 is 8.42 Å². The first-order chi connectivity index (χ1) is 8.07. The van der Waals surface area contributed by atoms with Crippen molar-refractivity contribution in [2.45, 2.75) is 50.3 Å². The molecule has 6 heteroatoms. The van der Waals surface area contributed by atoms with Gasteiger partial charge < -0.3 is 0 Å². The molecule has 1 aliphatic rings. The van der Waals surface area contributed by atoms with E-state index in [-0.39, 0.29) is 11.8 Å². The van der Waals surface area contributed by atoms with Gasteiger partial charge in [0.2, 0.25) is 10.0 Å². The van der Waals surface area contributed by atoms with E-state index >= 15 is 0 Å². The topological polar surface area (TPSA) is 46.2 Å². The lowest BCUT2D eigenvalue weighted by Crippen LogP contribution is -2.34. The molecule has 2 unspecified atom stereocenters. The number of nitrogens with one attached hydrogen (secondary N) is 1.